The maximum atomic E-state index is 5.64. The van der Waals surface area contributed by atoms with Gasteiger partial charge in [0.05, 0.1) is 4.47 Å². The lowest BCUT2D eigenvalue weighted by molar-refractivity contribution is 0.274. The van der Waals surface area contributed by atoms with Gasteiger partial charge in [0.1, 0.15) is 11.3 Å². The third-order valence-corrected chi connectivity index (χ3v) is 6.25. The van der Waals surface area contributed by atoms with Crippen molar-refractivity contribution >= 4 is 69.4 Å². The maximum Gasteiger partial charge on any atom is 0.367 e. The topological polar surface area (TPSA) is 18.5 Å². The summed E-state index contributed by atoms with van der Waals surface area (Å²) in [5, 5.41) is 0. The van der Waals surface area contributed by atoms with Gasteiger partial charge in [0.25, 0.3) is 0 Å². The van der Waals surface area contributed by atoms with Crippen molar-refractivity contribution in [2.75, 3.05) is 0 Å². The van der Waals surface area contributed by atoms with E-state index in [1.54, 1.807) is 6.92 Å². The van der Waals surface area contributed by atoms with E-state index < -0.39 is 10.0 Å². The van der Waals surface area contributed by atoms with Crippen molar-refractivity contribution in [3.05, 3.63) is 25.6 Å². The Balaban J connectivity index is 2.66. The Morgan fingerprint density at radius 1 is 1.27 bits per heavy atom. The van der Waals surface area contributed by atoms with Crippen LogP contribution in [0, 0.1) is 0 Å². The van der Waals surface area contributed by atoms with Gasteiger partial charge in [0, 0.05) is 8.95 Å². The fourth-order valence-corrected chi connectivity index (χ4v) is 3.18. The zero-order chi connectivity index (χ0) is 11.4. The molecule has 0 amide bonds. The third kappa shape index (κ3) is 4.36. The summed E-state index contributed by atoms with van der Waals surface area (Å²) in [5.74, 6) is 0.758. The van der Waals surface area contributed by atoms with E-state index >= 15 is 0 Å². The Labute approximate surface area is 121 Å². The minimum Gasteiger partial charge on any atom is -0.524 e. The van der Waals surface area contributed by atoms with Crippen LogP contribution in [0.4, 0.5) is 0 Å². The molecule has 84 valence electrons. The zero-order valence-electron chi connectivity index (χ0n) is 7.77. The highest BCUT2D eigenvalue weighted by molar-refractivity contribution is 9.14. The first-order chi connectivity index (χ1) is 7.02. The molecule has 7 heteroatoms. The van der Waals surface area contributed by atoms with Crippen molar-refractivity contribution in [3.63, 3.8) is 0 Å². The molecule has 1 rings (SSSR count). The highest BCUT2D eigenvalue weighted by atomic mass is 79.9. The lowest BCUT2D eigenvalue weighted by Crippen LogP contribution is -2.12. The molecular formula is C8H8Br3ClO2Si. The Kier molecular flexibility index (Phi) is 6.17. The standard InChI is InChI=1S/C8H8Br3ClO2Si/c1-4(12)13-15-14-6-3-2-5(9)7(10)8(6)11/h2-4H,15H2,1H3. The van der Waals surface area contributed by atoms with Gasteiger partial charge in [-0.25, -0.2) is 0 Å². The molecule has 0 aliphatic carbocycles. The van der Waals surface area contributed by atoms with Gasteiger partial charge in [-0.2, -0.15) is 0 Å². The molecular weight excluding hydrogens is 431 g/mol. The quantitative estimate of drug-likeness (QED) is 0.402. The predicted octanol–water partition coefficient (Wildman–Crippen LogP) is 3.95. The van der Waals surface area contributed by atoms with Gasteiger partial charge in [-0.3, -0.25) is 0 Å². The molecule has 0 saturated heterocycles. The van der Waals surface area contributed by atoms with Gasteiger partial charge >= 0.3 is 10.0 Å². The molecule has 2 nitrogen and oxygen atoms in total. The minimum absolute atomic E-state index is 0.297. The number of rotatable bonds is 4. The van der Waals surface area contributed by atoms with Crippen molar-refractivity contribution in [3.8, 4) is 5.75 Å². The number of benzene rings is 1. The summed E-state index contributed by atoms with van der Waals surface area (Å²) in [4.78, 5) is 0. The summed E-state index contributed by atoms with van der Waals surface area (Å²) >= 11 is 15.9. The molecule has 0 aliphatic heterocycles. The van der Waals surface area contributed by atoms with Gasteiger partial charge in [-0.05, 0) is 66.8 Å². The molecule has 0 bridgehead atoms. The van der Waals surface area contributed by atoms with Crippen LogP contribution in [0.3, 0.4) is 0 Å². The summed E-state index contributed by atoms with van der Waals surface area (Å²) in [7, 11) is -1.08. The van der Waals surface area contributed by atoms with Gasteiger partial charge < -0.3 is 8.85 Å². The summed E-state index contributed by atoms with van der Waals surface area (Å²) in [6.45, 7) is 1.77. The predicted molar refractivity (Wildman–Crippen MR) is 75.1 cm³/mol. The first-order valence-corrected chi connectivity index (χ1v) is 8.01. The molecule has 0 heterocycles. The van der Waals surface area contributed by atoms with Crippen LogP contribution in [0.15, 0.2) is 25.6 Å². The zero-order valence-corrected chi connectivity index (χ0v) is 14.7. The molecule has 0 fully saturated rings. The molecule has 0 radical (unpaired) electrons. The molecule has 0 aliphatic rings. The van der Waals surface area contributed by atoms with E-state index in [0.717, 1.165) is 19.2 Å². The van der Waals surface area contributed by atoms with E-state index in [4.69, 9.17) is 20.5 Å². The van der Waals surface area contributed by atoms with Gasteiger partial charge in [0.15, 0.2) is 0 Å². The molecule has 0 saturated carbocycles. The molecule has 1 atom stereocenters. The van der Waals surface area contributed by atoms with Crippen molar-refractivity contribution in [2.45, 2.75) is 12.5 Å². The first-order valence-electron chi connectivity index (χ1n) is 4.04. The van der Waals surface area contributed by atoms with E-state index in [1.807, 2.05) is 12.1 Å². The SMILES string of the molecule is CC(Cl)O[SiH2]Oc1ccc(Br)c(Br)c1Br. The molecule has 1 aromatic carbocycles. The van der Waals surface area contributed by atoms with E-state index in [1.165, 1.54) is 0 Å². The second-order valence-electron chi connectivity index (χ2n) is 2.65. The van der Waals surface area contributed by atoms with E-state index in [0.29, 0.717) is 0 Å². The Hall–Kier alpha value is 0.927. The second kappa shape index (κ2) is 6.61. The lowest BCUT2D eigenvalue weighted by Gasteiger charge is -2.11. The normalized spacial score (nSPS) is 13.4. The average Bonchev–Trinajstić information content (AvgIpc) is 2.18. The van der Waals surface area contributed by atoms with Crippen molar-refractivity contribution < 1.29 is 8.85 Å². The van der Waals surface area contributed by atoms with E-state index in [2.05, 4.69) is 47.8 Å². The van der Waals surface area contributed by atoms with Crippen LogP contribution in [-0.2, 0) is 4.43 Å². The molecule has 15 heavy (non-hydrogen) atoms. The van der Waals surface area contributed by atoms with E-state index in [-0.39, 0.29) is 5.56 Å². The summed E-state index contributed by atoms with van der Waals surface area (Å²) in [6.07, 6.45) is 0. The van der Waals surface area contributed by atoms with Crippen LogP contribution in [0.25, 0.3) is 0 Å². The van der Waals surface area contributed by atoms with Crippen LogP contribution >= 0.6 is 59.4 Å². The first kappa shape index (κ1) is 14.0. The third-order valence-electron chi connectivity index (χ3n) is 1.51. The fourth-order valence-electron chi connectivity index (χ4n) is 0.811. The Bertz CT molecular complexity index is 349. The van der Waals surface area contributed by atoms with E-state index in [9.17, 15) is 0 Å². The summed E-state index contributed by atoms with van der Waals surface area (Å²) < 4.78 is 13.5. The molecule has 1 aromatic rings. The van der Waals surface area contributed by atoms with Crippen molar-refractivity contribution in [1.82, 2.24) is 0 Å². The van der Waals surface area contributed by atoms with Crippen LogP contribution in [0.2, 0.25) is 0 Å². The molecule has 0 N–H and O–H groups in total. The van der Waals surface area contributed by atoms with Crippen LogP contribution in [0.5, 0.6) is 5.75 Å². The van der Waals surface area contributed by atoms with Crippen molar-refractivity contribution in [2.24, 2.45) is 0 Å². The highest BCUT2D eigenvalue weighted by Gasteiger charge is 2.08. The van der Waals surface area contributed by atoms with Crippen molar-refractivity contribution in [1.29, 1.82) is 0 Å². The smallest absolute Gasteiger partial charge is 0.367 e. The highest BCUT2D eigenvalue weighted by Crippen LogP contribution is 2.37. The van der Waals surface area contributed by atoms with Gasteiger partial charge in [0.2, 0.25) is 0 Å². The lowest BCUT2D eigenvalue weighted by atomic mass is 10.3. The number of hydrogen-bond donors (Lipinski definition) is 0. The summed E-state index contributed by atoms with van der Waals surface area (Å²) in [5.41, 5.74) is -0.297. The molecule has 0 aromatic heterocycles. The van der Waals surface area contributed by atoms with Gasteiger partial charge in [-0.15, -0.1) is 0 Å². The number of alkyl halides is 1. The number of hydrogen-bond acceptors (Lipinski definition) is 2. The summed E-state index contributed by atoms with van der Waals surface area (Å²) in [6, 6.07) is 3.77. The monoisotopic (exact) mass is 436 g/mol. The largest absolute Gasteiger partial charge is 0.524 e. The minimum atomic E-state index is -1.08. The van der Waals surface area contributed by atoms with Crippen LogP contribution in [0.1, 0.15) is 6.92 Å². The number of halogens is 4. The van der Waals surface area contributed by atoms with Crippen LogP contribution in [-0.4, -0.2) is 15.6 Å². The molecule has 1 unspecified atom stereocenters. The molecule has 0 spiro atoms. The maximum absolute atomic E-state index is 5.64. The Morgan fingerprint density at radius 3 is 2.53 bits per heavy atom. The average molecular weight is 439 g/mol. The Morgan fingerprint density at radius 2 is 1.93 bits per heavy atom. The van der Waals surface area contributed by atoms with Crippen LogP contribution < -0.4 is 4.43 Å². The fraction of sp³-hybridized carbons (Fsp3) is 0.250. The second-order valence-corrected chi connectivity index (χ2v) is 6.56. The van der Waals surface area contributed by atoms with Gasteiger partial charge in [-0.1, -0.05) is 11.6 Å².